The predicted octanol–water partition coefficient (Wildman–Crippen LogP) is 1.42. The Labute approximate surface area is 73.4 Å². The number of nitrogens with one attached hydrogen (secondary N) is 1. The number of nitrogens with zero attached hydrogens (tertiary/aromatic N) is 1. The fourth-order valence-electron chi connectivity index (χ4n) is 1.10. The van der Waals surface area contributed by atoms with Crippen LogP contribution in [0.15, 0.2) is 6.20 Å². The lowest BCUT2D eigenvalue weighted by Crippen LogP contribution is -2.03. The summed E-state index contributed by atoms with van der Waals surface area (Å²) < 4.78 is 0. The number of H-pyrrole nitrogens is 1. The lowest BCUT2D eigenvalue weighted by atomic mass is 10.1. The van der Waals surface area contributed by atoms with Gasteiger partial charge in [-0.25, -0.2) is 4.98 Å². The molecule has 0 fully saturated rings. The molecule has 0 aliphatic heterocycles. The lowest BCUT2D eigenvalue weighted by molar-refractivity contribution is 0.686. The molecule has 1 aromatic rings. The Balaban J connectivity index is 2.63. The normalized spacial score (nSPS) is 13.2. The van der Waals surface area contributed by atoms with E-state index in [1.165, 1.54) is 0 Å². The lowest BCUT2D eigenvalue weighted by Gasteiger charge is -2.02. The number of aromatic amines is 1. The minimum absolute atomic E-state index is 0.525. The first-order valence-electron chi connectivity index (χ1n) is 4.51. The fourth-order valence-corrected chi connectivity index (χ4v) is 1.10. The van der Waals surface area contributed by atoms with Crippen LogP contribution in [0.1, 0.15) is 37.7 Å². The van der Waals surface area contributed by atoms with Gasteiger partial charge in [-0.3, -0.25) is 0 Å². The standard InChI is InChI=1S/C9H17N3/c1-3-7(2)9-11-6-8(12-9)4-5-10/h6-7H,3-5,10H2,1-2H3,(H,11,12)/t7-/m0/s1. The van der Waals surface area contributed by atoms with Crippen molar-refractivity contribution in [2.45, 2.75) is 32.6 Å². The molecule has 0 radical (unpaired) electrons. The van der Waals surface area contributed by atoms with Crippen molar-refractivity contribution in [1.29, 1.82) is 0 Å². The quantitative estimate of drug-likeness (QED) is 0.712. The SMILES string of the molecule is CC[C@H](C)c1ncc(CCN)[nH]1. The molecule has 0 aliphatic carbocycles. The van der Waals surface area contributed by atoms with E-state index in [0.29, 0.717) is 12.5 Å². The van der Waals surface area contributed by atoms with Crippen LogP contribution in [0.5, 0.6) is 0 Å². The molecule has 0 unspecified atom stereocenters. The number of imidazole rings is 1. The third kappa shape index (κ3) is 2.08. The molecule has 0 spiro atoms. The van der Waals surface area contributed by atoms with Gasteiger partial charge in [0.1, 0.15) is 5.82 Å². The fraction of sp³-hybridized carbons (Fsp3) is 0.667. The zero-order valence-electron chi connectivity index (χ0n) is 7.80. The molecule has 3 N–H and O–H groups in total. The molecule has 3 nitrogen and oxygen atoms in total. The molecule has 0 amide bonds. The average molecular weight is 167 g/mol. The predicted molar refractivity (Wildman–Crippen MR) is 50.1 cm³/mol. The summed E-state index contributed by atoms with van der Waals surface area (Å²) in [6, 6.07) is 0. The summed E-state index contributed by atoms with van der Waals surface area (Å²) >= 11 is 0. The molecular weight excluding hydrogens is 150 g/mol. The third-order valence-corrected chi connectivity index (χ3v) is 2.14. The van der Waals surface area contributed by atoms with E-state index in [2.05, 4.69) is 23.8 Å². The van der Waals surface area contributed by atoms with Crippen LogP contribution in [0.25, 0.3) is 0 Å². The van der Waals surface area contributed by atoms with Crippen molar-refractivity contribution in [3.05, 3.63) is 17.7 Å². The van der Waals surface area contributed by atoms with E-state index in [-0.39, 0.29) is 0 Å². The zero-order valence-corrected chi connectivity index (χ0v) is 7.80. The molecule has 1 rings (SSSR count). The van der Waals surface area contributed by atoms with Gasteiger partial charge in [0, 0.05) is 24.2 Å². The summed E-state index contributed by atoms with van der Waals surface area (Å²) in [6.45, 7) is 5.02. The molecule has 1 heterocycles. The summed E-state index contributed by atoms with van der Waals surface area (Å²) in [5, 5.41) is 0. The van der Waals surface area contributed by atoms with E-state index in [4.69, 9.17) is 5.73 Å². The number of aromatic nitrogens is 2. The van der Waals surface area contributed by atoms with E-state index >= 15 is 0 Å². The van der Waals surface area contributed by atoms with Crippen molar-refractivity contribution in [1.82, 2.24) is 9.97 Å². The third-order valence-electron chi connectivity index (χ3n) is 2.14. The molecular formula is C9H17N3. The smallest absolute Gasteiger partial charge is 0.109 e. The van der Waals surface area contributed by atoms with Crippen molar-refractivity contribution < 1.29 is 0 Å². The first-order valence-corrected chi connectivity index (χ1v) is 4.51. The highest BCUT2D eigenvalue weighted by molar-refractivity contribution is 5.04. The molecule has 1 aromatic heterocycles. The van der Waals surface area contributed by atoms with Crippen LogP contribution in [-0.2, 0) is 6.42 Å². The Morgan fingerprint density at radius 1 is 1.67 bits per heavy atom. The summed E-state index contributed by atoms with van der Waals surface area (Å²) in [4.78, 5) is 7.57. The van der Waals surface area contributed by atoms with E-state index in [1.54, 1.807) is 0 Å². The van der Waals surface area contributed by atoms with Crippen molar-refractivity contribution in [3.63, 3.8) is 0 Å². The van der Waals surface area contributed by atoms with Gasteiger partial charge in [-0.2, -0.15) is 0 Å². The van der Waals surface area contributed by atoms with Crippen LogP contribution in [-0.4, -0.2) is 16.5 Å². The highest BCUT2D eigenvalue weighted by Crippen LogP contribution is 2.14. The van der Waals surface area contributed by atoms with Gasteiger partial charge >= 0.3 is 0 Å². The van der Waals surface area contributed by atoms with Gasteiger partial charge < -0.3 is 10.7 Å². The van der Waals surface area contributed by atoms with Gasteiger partial charge in [-0.05, 0) is 13.0 Å². The van der Waals surface area contributed by atoms with E-state index in [1.807, 2.05) is 6.20 Å². The maximum absolute atomic E-state index is 5.43. The van der Waals surface area contributed by atoms with Crippen molar-refractivity contribution in [3.8, 4) is 0 Å². The molecule has 0 aliphatic rings. The van der Waals surface area contributed by atoms with Crippen LogP contribution < -0.4 is 5.73 Å². The summed E-state index contributed by atoms with van der Waals surface area (Å²) in [6.07, 6.45) is 3.90. The minimum Gasteiger partial charge on any atom is -0.346 e. The van der Waals surface area contributed by atoms with E-state index in [9.17, 15) is 0 Å². The molecule has 0 saturated carbocycles. The number of rotatable bonds is 4. The van der Waals surface area contributed by atoms with Crippen LogP contribution in [0.3, 0.4) is 0 Å². The second-order valence-corrected chi connectivity index (χ2v) is 3.14. The second kappa shape index (κ2) is 4.26. The van der Waals surface area contributed by atoms with Gasteiger partial charge in [0.25, 0.3) is 0 Å². The molecule has 68 valence electrons. The van der Waals surface area contributed by atoms with Gasteiger partial charge in [-0.1, -0.05) is 13.8 Å². The number of hydrogen-bond acceptors (Lipinski definition) is 2. The number of nitrogens with two attached hydrogens (primary N) is 1. The zero-order chi connectivity index (χ0) is 8.97. The van der Waals surface area contributed by atoms with Crippen molar-refractivity contribution >= 4 is 0 Å². The molecule has 0 aromatic carbocycles. The van der Waals surface area contributed by atoms with Gasteiger partial charge in [0.05, 0.1) is 0 Å². The summed E-state index contributed by atoms with van der Waals surface area (Å²) in [7, 11) is 0. The van der Waals surface area contributed by atoms with Gasteiger partial charge in [-0.15, -0.1) is 0 Å². The van der Waals surface area contributed by atoms with Crippen molar-refractivity contribution in [2.75, 3.05) is 6.54 Å². The van der Waals surface area contributed by atoms with Gasteiger partial charge in [0.15, 0.2) is 0 Å². The molecule has 1 atom stereocenters. The Morgan fingerprint density at radius 3 is 3.00 bits per heavy atom. The molecule has 0 saturated heterocycles. The Morgan fingerprint density at radius 2 is 2.42 bits per heavy atom. The van der Waals surface area contributed by atoms with Crippen LogP contribution in [0.4, 0.5) is 0 Å². The number of hydrogen-bond donors (Lipinski definition) is 2. The Hall–Kier alpha value is -0.830. The van der Waals surface area contributed by atoms with Crippen LogP contribution in [0.2, 0.25) is 0 Å². The molecule has 12 heavy (non-hydrogen) atoms. The van der Waals surface area contributed by atoms with E-state index in [0.717, 1.165) is 24.4 Å². The van der Waals surface area contributed by atoms with Crippen molar-refractivity contribution in [2.24, 2.45) is 5.73 Å². The van der Waals surface area contributed by atoms with Crippen LogP contribution in [0, 0.1) is 0 Å². The highest BCUT2D eigenvalue weighted by Gasteiger charge is 2.06. The maximum Gasteiger partial charge on any atom is 0.109 e. The minimum atomic E-state index is 0.525. The first kappa shape index (κ1) is 9.26. The van der Waals surface area contributed by atoms with Gasteiger partial charge in [0.2, 0.25) is 0 Å². The largest absolute Gasteiger partial charge is 0.346 e. The molecule has 0 bridgehead atoms. The Bertz CT molecular complexity index is 229. The summed E-state index contributed by atoms with van der Waals surface area (Å²) in [5.74, 6) is 1.61. The monoisotopic (exact) mass is 167 g/mol. The summed E-state index contributed by atoms with van der Waals surface area (Å²) in [5.41, 5.74) is 6.58. The second-order valence-electron chi connectivity index (χ2n) is 3.14. The van der Waals surface area contributed by atoms with E-state index < -0.39 is 0 Å². The maximum atomic E-state index is 5.43. The molecule has 3 heteroatoms. The Kier molecular flexibility index (Phi) is 3.29. The van der Waals surface area contributed by atoms with Crippen LogP contribution >= 0.6 is 0 Å². The average Bonchev–Trinajstić information content (AvgIpc) is 2.52. The topological polar surface area (TPSA) is 54.7 Å². The first-order chi connectivity index (χ1) is 5.77. The highest BCUT2D eigenvalue weighted by atomic mass is 14.9.